The summed E-state index contributed by atoms with van der Waals surface area (Å²) in [5.74, 6) is 2.12. The van der Waals surface area contributed by atoms with Gasteiger partial charge in [-0.15, -0.1) is 0 Å². The van der Waals surface area contributed by atoms with Crippen molar-refractivity contribution in [1.29, 1.82) is 0 Å². The van der Waals surface area contributed by atoms with Crippen LogP contribution < -0.4 is 5.32 Å². The van der Waals surface area contributed by atoms with Gasteiger partial charge in [0, 0.05) is 17.4 Å². The first-order valence-electron chi connectivity index (χ1n) is 5.98. The molecular formula is C12H15N3OS. The summed E-state index contributed by atoms with van der Waals surface area (Å²) >= 11 is 1.65. The number of nitrogens with zero attached hydrogens (tertiary/aromatic N) is 2. The van der Waals surface area contributed by atoms with Crippen LogP contribution in [0, 0.1) is 5.92 Å². The van der Waals surface area contributed by atoms with Gasteiger partial charge in [0.2, 0.25) is 11.7 Å². The molecular weight excluding hydrogens is 234 g/mol. The van der Waals surface area contributed by atoms with Crippen molar-refractivity contribution < 1.29 is 4.52 Å². The summed E-state index contributed by atoms with van der Waals surface area (Å²) in [5, 5.41) is 11.5. The van der Waals surface area contributed by atoms with Crippen LogP contribution in [0.3, 0.4) is 0 Å². The smallest absolute Gasteiger partial charge is 0.227 e. The highest BCUT2D eigenvalue weighted by molar-refractivity contribution is 7.08. The average molecular weight is 249 g/mol. The maximum Gasteiger partial charge on any atom is 0.227 e. The molecule has 0 bridgehead atoms. The van der Waals surface area contributed by atoms with E-state index in [1.807, 2.05) is 16.8 Å². The van der Waals surface area contributed by atoms with E-state index in [0.29, 0.717) is 11.7 Å². The van der Waals surface area contributed by atoms with E-state index in [0.717, 1.165) is 31.0 Å². The molecule has 0 aliphatic carbocycles. The maximum absolute atomic E-state index is 5.31. The monoisotopic (exact) mass is 249 g/mol. The van der Waals surface area contributed by atoms with E-state index in [-0.39, 0.29) is 0 Å². The lowest BCUT2D eigenvalue weighted by atomic mass is 9.96. The van der Waals surface area contributed by atoms with E-state index in [2.05, 4.69) is 15.5 Å². The zero-order valence-corrected chi connectivity index (χ0v) is 10.4. The van der Waals surface area contributed by atoms with Crippen LogP contribution in [0.4, 0.5) is 0 Å². The van der Waals surface area contributed by atoms with E-state index in [1.165, 1.54) is 12.8 Å². The Hall–Kier alpha value is -1.20. The summed E-state index contributed by atoms with van der Waals surface area (Å²) in [6.45, 7) is 2.21. The number of hydrogen-bond donors (Lipinski definition) is 1. The van der Waals surface area contributed by atoms with Crippen molar-refractivity contribution in [3.8, 4) is 11.4 Å². The molecule has 5 heteroatoms. The first-order valence-corrected chi connectivity index (χ1v) is 6.92. The highest BCUT2D eigenvalue weighted by Gasteiger charge is 2.17. The number of thiophene rings is 1. The van der Waals surface area contributed by atoms with Crippen LogP contribution in [0.25, 0.3) is 11.4 Å². The summed E-state index contributed by atoms with van der Waals surface area (Å²) in [6, 6.07) is 2.02. The van der Waals surface area contributed by atoms with Gasteiger partial charge in [-0.05, 0) is 43.3 Å². The molecule has 0 saturated carbocycles. The fourth-order valence-corrected chi connectivity index (χ4v) is 2.83. The highest BCUT2D eigenvalue weighted by atomic mass is 32.1. The fraction of sp³-hybridized carbons (Fsp3) is 0.500. The molecule has 1 aliphatic heterocycles. The Labute approximate surface area is 104 Å². The van der Waals surface area contributed by atoms with E-state index in [1.54, 1.807) is 11.3 Å². The molecule has 1 fully saturated rings. The summed E-state index contributed by atoms with van der Waals surface area (Å²) in [5.41, 5.74) is 1.05. The van der Waals surface area contributed by atoms with Gasteiger partial charge in [0.1, 0.15) is 0 Å². The lowest BCUT2D eigenvalue weighted by Crippen LogP contribution is -2.30. The Morgan fingerprint density at radius 3 is 3.29 bits per heavy atom. The van der Waals surface area contributed by atoms with Crippen molar-refractivity contribution in [3.05, 3.63) is 22.7 Å². The van der Waals surface area contributed by atoms with Gasteiger partial charge >= 0.3 is 0 Å². The number of nitrogens with one attached hydrogen (secondary N) is 1. The van der Waals surface area contributed by atoms with Crippen molar-refractivity contribution in [2.75, 3.05) is 13.1 Å². The van der Waals surface area contributed by atoms with Gasteiger partial charge in [0.15, 0.2) is 0 Å². The molecule has 1 aliphatic rings. The average Bonchev–Trinajstić information content (AvgIpc) is 3.00. The molecule has 1 N–H and O–H groups in total. The van der Waals surface area contributed by atoms with Crippen molar-refractivity contribution in [1.82, 2.24) is 15.5 Å². The minimum absolute atomic E-state index is 0.638. The minimum atomic E-state index is 0.638. The normalized spacial score (nSPS) is 20.6. The molecule has 3 rings (SSSR count). The highest BCUT2D eigenvalue weighted by Crippen LogP contribution is 2.21. The van der Waals surface area contributed by atoms with Gasteiger partial charge in [-0.2, -0.15) is 16.3 Å². The third kappa shape index (κ3) is 2.56. The van der Waals surface area contributed by atoms with Crippen LogP contribution >= 0.6 is 11.3 Å². The quantitative estimate of drug-likeness (QED) is 0.907. The third-order valence-corrected chi connectivity index (χ3v) is 3.79. The van der Waals surface area contributed by atoms with Gasteiger partial charge in [0.05, 0.1) is 0 Å². The Bertz CT molecular complexity index is 460. The zero-order chi connectivity index (χ0) is 11.5. The molecule has 3 heterocycles. The van der Waals surface area contributed by atoms with E-state index >= 15 is 0 Å². The molecule has 2 aromatic heterocycles. The third-order valence-electron chi connectivity index (χ3n) is 3.11. The topological polar surface area (TPSA) is 51.0 Å². The first kappa shape index (κ1) is 10.9. The van der Waals surface area contributed by atoms with Crippen molar-refractivity contribution in [2.24, 2.45) is 5.92 Å². The summed E-state index contributed by atoms with van der Waals surface area (Å²) in [6.07, 6.45) is 3.39. The standard InChI is InChI=1S/C12H15N3OS/c1-2-9(7-13-4-1)6-11-14-12(15-16-11)10-3-5-17-8-10/h3,5,8-9,13H,1-2,4,6-7H2. The second-order valence-electron chi connectivity index (χ2n) is 4.44. The number of piperidine rings is 1. The second-order valence-corrected chi connectivity index (χ2v) is 5.22. The molecule has 1 saturated heterocycles. The minimum Gasteiger partial charge on any atom is -0.339 e. The Morgan fingerprint density at radius 1 is 1.53 bits per heavy atom. The van der Waals surface area contributed by atoms with Crippen LogP contribution in [0.5, 0.6) is 0 Å². The lowest BCUT2D eigenvalue weighted by molar-refractivity contribution is 0.316. The largest absolute Gasteiger partial charge is 0.339 e. The van der Waals surface area contributed by atoms with Crippen molar-refractivity contribution in [2.45, 2.75) is 19.3 Å². The molecule has 0 spiro atoms. The zero-order valence-electron chi connectivity index (χ0n) is 9.56. The molecule has 17 heavy (non-hydrogen) atoms. The first-order chi connectivity index (χ1) is 8.42. The summed E-state index contributed by atoms with van der Waals surface area (Å²) in [7, 11) is 0. The lowest BCUT2D eigenvalue weighted by Gasteiger charge is -2.20. The van der Waals surface area contributed by atoms with Crippen LogP contribution in [-0.2, 0) is 6.42 Å². The maximum atomic E-state index is 5.31. The van der Waals surface area contributed by atoms with E-state index in [9.17, 15) is 0 Å². The van der Waals surface area contributed by atoms with Gasteiger partial charge in [-0.3, -0.25) is 0 Å². The number of rotatable bonds is 3. The van der Waals surface area contributed by atoms with Crippen molar-refractivity contribution in [3.63, 3.8) is 0 Å². The van der Waals surface area contributed by atoms with Gasteiger partial charge in [-0.25, -0.2) is 0 Å². The van der Waals surface area contributed by atoms with E-state index in [4.69, 9.17) is 4.52 Å². The predicted molar refractivity (Wildman–Crippen MR) is 66.9 cm³/mol. The number of aromatic nitrogens is 2. The van der Waals surface area contributed by atoms with Crippen molar-refractivity contribution >= 4 is 11.3 Å². The summed E-state index contributed by atoms with van der Waals surface area (Å²) in [4.78, 5) is 4.45. The molecule has 1 atom stereocenters. The molecule has 4 nitrogen and oxygen atoms in total. The van der Waals surface area contributed by atoms with Crippen LogP contribution in [0.2, 0.25) is 0 Å². The predicted octanol–water partition coefficient (Wildman–Crippen LogP) is 2.34. The van der Waals surface area contributed by atoms with E-state index < -0.39 is 0 Å². The van der Waals surface area contributed by atoms with Gasteiger partial charge in [0.25, 0.3) is 0 Å². The SMILES string of the molecule is c1cc(-c2noc(CC3CCCNC3)n2)cs1. The van der Waals surface area contributed by atoms with Gasteiger partial charge < -0.3 is 9.84 Å². The Kier molecular flexibility index (Phi) is 3.20. The molecule has 90 valence electrons. The molecule has 0 aromatic carbocycles. The molecule has 2 aromatic rings. The molecule has 0 amide bonds. The van der Waals surface area contributed by atoms with Gasteiger partial charge in [-0.1, -0.05) is 5.16 Å². The molecule has 0 radical (unpaired) electrons. The second kappa shape index (κ2) is 4.98. The Morgan fingerprint density at radius 2 is 2.53 bits per heavy atom. The van der Waals surface area contributed by atoms with Crippen LogP contribution in [0.1, 0.15) is 18.7 Å². The number of hydrogen-bond acceptors (Lipinski definition) is 5. The fourth-order valence-electron chi connectivity index (χ4n) is 2.19. The Balaban J connectivity index is 1.68. The summed E-state index contributed by atoms with van der Waals surface area (Å²) < 4.78 is 5.31. The van der Waals surface area contributed by atoms with Crippen LogP contribution in [-0.4, -0.2) is 23.2 Å². The molecule has 1 unspecified atom stereocenters. The van der Waals surface area contributed by atoms with Crippen LogP contribution in [0.15, 0.2) is 21.3 Å².